The number of carbonyl (C=O) groups excluding carboxylic acids is 1. The first-order valence-electron chi connectivity index (χ1n) is 5.58. The van der Waals surface area contributed by atoms with E-state index < -0.39 is 5.60 Å². The number of aromatic amines is 1. The van der Waals surface area contributed by atoms with Crippen LogP contribution in [0.15, 0.2) is 12.4 Å². The van der Waals surface area contributed by atoms with E-state index >= 15 is 0 Å². The maximum atomic E-state index is 12.0. The van der Waals surface area contributed by atoms with E-state index in [1.54, 1.807) is 29.1 Å². The lowest BCUT2D eigenvalue weighted by atomic mass is 10.2. The molecule has 0 bridgehead atoms. The zero-order valence-electron chi connectivity index (χ0n) is 10.3. The number of nitrogens with zero attached hydrogens (tertiary/aromatic N) is 2. The molecule has 1 fully saturated rings. The van der Waals surface area contributed by atoms with Crippen molar-refractivity contribution in [2.75, 3.05) is 12.3 Å². The van der Waals surface area contributed by atoms with E-state index in [-0.39, 0.29) is 11.5 Å². The number of H-pyrrole nitrogens is 1. The molecule has 0 saturated carbocycles. The molecule has 1 N–H and O–H groups in total. The lowest BCUT2D eigenvalue weighted by molar-refractivity contribution is 0.0249. The number of carbonyl (C=O) groups is 1. The van der Waals surface area contributed by atoms with Crippen LogP contribution in [0.1, 0.15) is 32.0 Å². The summed E-state index contributed by atoms with van der Waals surface area (Å²) in [7, 11) is 0. The molecule has 1 atom stereocenters. The molecule has 0 spiro atoms. The Balaban J connectivity index is 2.07. The predicted molar refractivity (Wildman–Crippen MR) is 66.7 cm³/mol. The third-order valence-electron chi connectivity index (χ3n) is 2.27. The summed E-state index contributed by atoms with van der Waals surface area (Å²) in [5.41, 5.74) is -0.460. The van der Waals surface area contributed by atoms with Gasteiger partial charge in [-0.05, 0) is 20.8 Å². The van der Waals surface area contributed by atoms with Crippen LogP contribution < -0.4 is 0 Å². The fourth-order valence-electron chi connectivity index (χ4n) is 1.62. The van der Waals surface area contributed by atoms with Crippen LogP contribution in [0.25, 0.3) is 0 Å². The van der Waals surface area contributed by atoms with Crippen molar-refractivity contribution < 1.29 is 9.53 Å². The number of imidazole rings is 1. The van der Waals surface area contributed by atoms with Crippen LogP contribution in [-0.2, 0) is 4.74 Å². The Labute approximate surface area is 105 Å². The summed E-state index contributed by atoms with van der Waals surface area (Å²) in [5, 5.41) is -0.0557. The number of nitrogens with one attached hydrogen (secondary N) is 1. The Morgan fingerprint density at radius 1 is 1.65 bits per heavy atom. The smallest absolute Gasteiger partial charge is 0.411 e. The maximum Gasteiger partial charge on any atom is 0.411 e. The molecule has 0 radical (unpaired) electrons. The summed E-state index contributed by atoms with van der Waals surface area (Å²) in [6.07, 6.45) is 3.19. The standard InChI is InChI=1S/C11H17N3O2S/c1-11(2,3)16-10(15)14-6-7-17-9(14)8-12-4-5-13-8/h4-5,9H,6-7H2,1-3H3,(H,12,13)/t9-/m0/s1. The van der Waals surface area contributed by atoms with Crippen molar-refractivity contribution in [3.63, 3.8) is 0 Å². The Kier molecular flexibility index (Phi) is 3.33. The van der Waals surface area contributed by atoms with E-state index in [4.69, 9.17) is 4.74 Å². The second-order valence-electron chi connectivity index (χ2n) is 4.87. The Hall–Kier alpha value is -1.17. The Bertz CT molecular complexity index is 386. The van der Waals surface area contributed by atoms with Gasteiger partial charge in [-0.25, -0.2) is 9.78 Å². The number of aromatic nitrogens is 2. The van der Waals surface area contributed by atoms with Crippen LogP contribution in [0.5, 0.6) is 0 Å². The van der Waals surface area contributed by atoms with Gasteiger partial charge < -0.3 is 9.72 Å². The van der Waals surface area contributed by atoms with Crippen molar-refractivity contribution in [2.24, 2.45) is 0 Å². The Morgan fingerprint density at radius 3 is 3.00 bits per heavy atom. The third kappa shape index (κ3) is 2.94. The third-order valence-corrected chi connectivity index (χ3v) is 3.48. The van der Waals surface area contributed by atoms with Gasteiger partial charge in [0.15, 0.2) is 0 Å². The van der Waals surface area contributed by atoms with E-state index in [1.807, 2.05) is 20.8 Å². The summed E-state index contributed by atoms with van der Waals surface area (Å²) in [4.78, 5) is 21.0. The fraction of sp³-hybridized carbons (Fsp3) is 0.636. The first-order valence-corrected chi connectivity index (χ1v) is 6.63. The Morgan fingerprint density at radius 2 is 2.41 bits per heavy atom. The number of amides is 1. The lowest BCUT2D eigenvalue weighted by Gasteiger charge is -2.27. The van der Waals surface area contributed by atoms with E-state index in [2.05, 4.69) is 9.97 Å². The molecule has 1 aliphatic heterocycles. The summed E-state index contributed by atoms with van der Waals surface area (Å²) in [6, 6.07) is 0. The second-order valence-corrected chi connectivity index (χ2v) is 6.06. The quantitative estimate of drug-likeness (QED) is 0.837. The van der Waals surface area contributed by atoms with Crippen molar-refractivity contribution in [2.45, 2.75) is 31.7 Å². The van der Waals surface area contributed by atoms with Crippen molar-refractivity contribution in [1.29, 1.82) is 0 Å². The molecule has 2 heterocycles. The molecule has 0 aromatic carbocycles. The van der Waals surface area contributed by atoms with Gasteiger partial charge >= 0.3 is 6.09 Å². The first kappa shape index (κ1) is 12.3. The highest BCUT2D eigenvalue weighted by atomic mass is 32.2. The van der Waals surface area contributed by atoms with Crippen molar-refractivity contribution in [3.05, 3.63) is 18.2 Å². The van der Waals surface area contributed by atoms with Crippen molar-refractivity contribution >= 4 is 17.9 Å². The monoisotopic (exact) mass is 255 g/mol. The molecule has 1 amide bonds. The summed E-state index contributed by atoms with van der Waals surface area (Å²) in [5.74, 6) is 1.71. The molecule has 2 rings (SSSR count). The average Bonchev–Trinajstić information content (AvgIpc) is 2.85. The van der Waals surface area contributed by atoms with Crippen LogP contribution in [-0.4, -0.2) is 38.9 Å². The predicted octanol–water partition coefficient (Wildman–Crippen LogP) is 2.39. The molecule has 94 valence electrons. The van der Waals surface area contributed by atoms with Gasteiger partial charge in [-0.3, -0.25) is 4.90 Å². The SMILES string of the molecule is CC(C)(C)OC(=O)N1CCS[C@H]1c1ncc[nH]1. The van der Waals surface area contributed by atoms with Crippen LogP contribution in [0.4, 0.5) is 4.79 Å². The molecule has 0 aliphatic carbocycles. The van der Waals surface area contributed by atoms with E-state index in [9.17, 15) is 4.79 Å². The number of ether oxygens (including phenoxy) is 1. The normalized spacial score (nSPS) is 20.6. The molecule has 17 heavy (non-hydrogen) atoms. The van der Waals surface area contributed by atoms with Gasteiger partial charge in [0.05, 0.1) is 0 Å². The highest BCUT2D eigenvalue weighted by Crippen LogP contribution is 2.36. The maximum absolute atomic E-state index is 12.0. The highest BCUT2D eigenvalue weighted by molar-refractivity contribution is 7.99. The van der Waals surface area contributed by atoms with Gasteiger partial charge in [0.25, 0.3) is 0 Å². The highest BCUT2D eigenvalue weighted by Gasteiger charge is 2.34. The number of hydrogen-bond donors (Lipinski definition) is 1. The van der Waals surface area contributed by atoms with Crippen molar-refractivity contribution in [3.8, 4) is 0 Å². The molecule has 1 saturated heterocycles. The molecule has 1 aliphatic rings. The summed E-state index contributed by atoms with van der Waals surface area (Å²) >= 11 is 1.69. The average molecular weight is 255 g/mol. The molecular weight excluding hydrogens is 238 g/mol. The molecule has 6 heteroatoms. The van der Waals surface area contributed by atoms with Gasteiger partial charge in [-0.2, -0.15) is 0 Å². The summed E-state index contributed by atoms with van der Waals surface area (Å²) in [6.45, 7) is 6.31. The summed E-state index contributed by atoms with van der Waals surface area (Å²) < 4.78 is 5.38. The topological polar surface area (TPSA) is 58.2 Å². The van der Waals surface area contributed by atoms with E-state index in [0.717, 1.165) is 11.6 Å². The number of thioether (sulfide) groups is 1. The first-order chi connectivity index (χ1) is 7.97. The largest absolute Gasteiger partial charge is 0.444 e. The van der Waals surface area contributed by atoms with Gasteiger partial charge in [-0.1, -0.05) is 0 Å². The minimum atomic E-state index is -0.460. The van der Waals surface area contributed by atoms with Gasteiger partial charge in [-0.15, -0.1) is 11.8 Å². The molecule has 0 unspecified atom stereocenters. The van der Waals surface area contributed by atoms with Crippen molar-refractivity contribution in [1.82, 2.24) is 14.9 Å². The van der Waals surface area contributed by atoms with Crippen LogP contribution >= 0.6 is 11.8 Å². The molecular formula is C11H17N3O2S. The minimum Gasteiger partial charge on any atom is -0.444 e. The zero-order chi connectivity index (χ0) is 12.5. The number of rotatable bonds is 1. The number of hydrogen-bond acceptors (Lipinski definition) is 4. The van der Waals surface area contributed by atoms with E-state index in [1.165, 1.54) is 0 Å². The molecule has 1 aromatic heterocycles. The zero-order valence-corrected chi connectivity index (χ0v) is 11.1. The van der Waals surface area contributed by atoms with Crippen LogP contribution in [0, 0.1) is 0 Å². The second kappa shape index (κ2) is 4.60. The van der Waals surface area contributed by atoms with E-state index in [0.29, 0.717) is 6.54 Å². The van der Waals surface area contributed by atoms with Gasteiger partial charge in [0.2, 0.25) is 0 Å². The molecule has 5 nitrogen and oxygen atoms in total. The minimum absolute atomic E-state index is 0.0557. The lowest BCUT2D eigenvalue weighted by Crippen LogP contribution is -2.36. The van der Waals surface area contributed by atoms with Crippen LogP contribution in [0.2, 0.25) is 0 Å². The van der Waals surface area contributed by atoms with Gasteiger partial charge in [0.1, 0.15) is 16.8 Å². The van der Waals surface area contributed by atoms with Crippen LogP contribution in [0.3, 0.4) is 0 Å². The fourth-order valence-corrected chi connectivity index (χ4v) is 2.80. The van der Waals surface area contributed by atoms with Gasteiger partial charge in [0, 0.05) is 24.7 Å². The molecule has 1 aromatic rings.